The highest BCUT2D eigenvalue weighted by Crippen LogP contribution is 2.43. The molecule has 2 fully saturated rings. The van der Waals surface area contributed by atoms with E-state index in [0.717, 1.165) is 0 Å². The second-order valence-electron chi connectivity index (χ2n) is 6.68. The van der Waals surface area contributed by atoms with Crippen LogP contribution in [0.3, 0.4) is 0 Å². The second kappa shape index (κ2) is 9.15. The van der Waals surface area contributed by atoms with Crippen LogP contribution in [-0.2, 0) is 14.3 Å². The van der Waals surface area contributed by atoms with E-state index >= 15 is 0 Å². The fourth-order valence-electron chi connectivity index (χ4n) is 3.14. The van der Waals surface area contributed by atoms with Gasteiger partial charge < -0.3 is 14.4 Å². The van der Waals surface area contributed by atoms with E-state index in [0.29, 0.717) is 23.2 Å². The molecule has 2 aliphatic heterocycles. The minimum Gasteiger partial charge on any atom is -0.452 e. The lowest BCUT2D eigenvalue weighted by atomic mass is 10.1. The smallest absolute Gasteiger partial charge is 0.338 e. The maximum absolute atomic E-state index is 12.3. The summed E-state index contributed by atoms with van der Waals surface area (Å²) in [6, 6.07) is 7.55. The summed E-state index contributed by atoms with van der Waals surface area (Å²) < 4.78 is 11.3. The third-order valence-electron chi connectivity index (χ3n) is 4.34. The van der Waals surface area contributed by atoms with E-state index in [1.165, 1.54) is 23.5 Å². The highest BCUT2D eigenvalue weighted by Gasteiger charge is 2.26. The number of ether oxygens (including phenoxy) is 2. The maximum atomic E-state index is 12.3. The Balaban J connectivity index is 1.50. The van der Waals surface area contributed by atoms with Crippen LogP contribution in [0.25, 0.3) is 0 Å². The van der Waals surface area contributed by atoms with Crippen molar-refractivity contribution in [1.29, 1.82) is 0 Å². The van der Waals surface area contributed by atoms with Crippen LogP contribution in [0, 0.1) is 0 Å². The molecule has 3 rings (SSSR count). The number of carbonyl (C=O) groups is 2. The van der Waals surface area contributed by atoms with E-state index in [1.807, 2.05) is 49.5 Å². The number of benzene rings is 1. The van der Waals surface area contributed by atoms with Crippen molar-refractivity contribution in [1.82, 2.24) is 4.90 Å². The first-order chi connectivity index (χ1) is 12.5. The van der Waals surface area contributed by atoms with Crippen LogP contribution in [0.5, 0.6) is 0 Å². The number of nitrogens with zero attached hydrogens (tertiary/aromatic N) is 1. The topological polar surface area (TPSA) is 55.8 Å². The van der Waals surface area contributed by atoms with Gasteiger partial charge in [0, 0.05) is 13.1 Å². The molecule has 1 amide bonds. The molecule has 7 heteroatoms. The number of hydrogen-bond acceptors (Lipinski definition) is 6. The zero-order valence-corrected chi connectivity index (χ0v) is 16.8. The first-order valence-corrected chi connectivity index (χ1v) is 11.1. The van der Waals surface area contributed by atoms with Gasteiger partial charge in [0.15, 0.2) is 6.61 Å². The Morgan fingerprint density at radius 1 is 1.12 bits per heavy atom. The van der Waals surface area contributed by atoms with Crippen molar-refractivity contribution in [3.8, 4) is 0 Å². The lowest BCUT2D eigenvalue weighted by Crippen LogP contribution is -2.49. The van der Waals surface area contributed by atoms with Crippen LogP contribution >= 0.6 is 23.5 Å². The van der Waals surface area contributed by atoms with Gasteiger partial charge in [0.2, 0.25) is 0 Å². The summed E-state index contributed by atoms with van der Waals surface area (Å²) in [6.45, 7) is 4.71. The zero-order chi connectivity index (χ0) is 18.5. The molecule has 0 bridgehead atoms. The summed E-state index contributed by atoms with van der Waals surface area (Å²) in [5.74, 6) is 1.74. The largest absolute Gasteiger partial charge is 0.452 e. The Labute approximate surface area is 163 Å². The first kappa shape index (κ1) is 19.6. The number of amides is 1. The van der Waals surface area contributed by atoms with Gasteiger partial charge in [-0.2, -0.15) is 0 Å². The van der Waals surface area contributed by atoms with E-state index in [1.54, 1.807) is 17.0 Å². The van der Waals surface area contributed by atoms with Crippen LogP contribution in [0.1, 0.15) is 40.8 Å². The molecular weight excluding hydrogens is 370 g/mol. The number of morpholine rings is 1. The molecule has 2 atom stereocenters. The number of rotatable bonds is 4. The molecule has 26 heavy (non-hydrogen) atoms. The van der Waals surface area contributed by atoms with E-state index in [4.69, 9.17) is 9.47 Å². The third kappa shape index (κ3) is 5.18. The molecule has 0 spiro atoms. The molecule has 0 aliphatic carbocycles. The average molecular weight is 396 g/mol. The Morgan fingerprint density at radius 3 is 2.35 bits per heavy atom. The Morgan fingerprint density at radius 2 is 1.73 bits per heavy atom. The molecule has 142 valence electrons. The molecule has 0 unspecified atom stereocenters. The number of esters is 1. The van der Waals surface area contributed by atoms with Gasteiger partial charge in [0.05, 0.1) is 22.4 Å². The van der Waals surface area contributed by atoms with E-state index in [2.05, 4.69) is 0 Å². The Kier molecular flexibility index (Phi) is 6.89. The number of carbonyl (C=O) groups excluding carboxylic acids is 2. The highest BCUT2D eigenvalue weighted by molar-refractivity contribution is 8.16. The average Bonchev–Trinajstić information content (AvgIpc) is 2.66. The maximum Gasteiger partial charge on any atom is 0.338 e. The van der Waals surface area contributed by atoms with E-state index in [-0.39, 0.29) is 24.7 Å². The summed E-state index contributed by atoms with van der Waals surface area (Å²) >= 11 is 3.89. The Hall–Kier alpha value is -1.18. The normalized spacial score (nSPS) is 24.3. The lowest BCUT2D eigenvalue weighted by molar-refractivity contribution is -0.146. The molecule has 2 heterocycles. The lowest BCUT2D eigenvalue weighted by Gasteiger charge is -2.35. The van der Waals surface area contributed by atoms with E-state index in [9.17, 15) is 9.59 Å². The molecule has 1 aromatic rings. The monoisotopic (exact) mass is 395 g/mol. The van der Waals surface area contributed by atoms with Gasteiger partial charge in [-0.1, -0.05) is 12.1 Å². The molecule has 0 saturated carbocycles. The summed E-state index contributed by atoms with van der Waals surface area (Å²) in [4.78, 5) is 26.2. The number of thioether (sulfide) groups is 2. The molecule has 0 radical (unpaired) electrons. The van der Waals surface area contributed by atoms with Crippen molar-refractivity contribution in [3.05, 3.63) is 35.4 Å². The predicted octanol–water partition coefficient (Wildman–Crippen LogP) is 3.35. The second-order valence-corrected chi connectivity index (χ2v) is 9.41. The fourth-order valence-corrected chi connectivity index (χ4v) is 6.03. The minimum atomic E-state index is -0.455. The van der Waals surface area contributed by atoms with Gasteiger partial charge >= 0.3 is 5.97 Å². The minimum absolute atomic E-state index is 0.00136. The zero-order valence-electron chi connectivity index (χ0n) is 15.2. The van der Waals surface area contributed by atoms with Crippen molar-refractivity contribution in [2.45, 2.75) is 37.1 Å². The predicted molar refractivity (Wildman–Crippen MR) is 106 cm³/mol. The molecule has 1 aromatic carbocycles. The molecule has 0 N–H and O–H groups in total. The molecule has 2 saturated heterocycles. The molecule has 2 aliphatic rings. The van der Waals surface area contributed by atoms with Gasteiger partial charge in [-0.25, -0.2) is 4.79 Å². The summed E-state index contributed by atoms with van der Waals surface area (Å²) in [6.07, 6.45) is 1.26. The van der Waals surface area contributed by atoms with Gasteiger partial charge in [0.25, 0.3) is 5.91 Å². The van der Waals surface area contributed by atoms with Crippen LogP contribution in [0.2, 0.25) is 0 Å². The quantitative estimate of drug-likeness (QED) is 0.729. The summed E-state index contributed by atoms with van der Waals surface area (Å²) in [5.41, 5.74) is 1.71. The standard InChI is InChI=1S/C19H25NO4S2/c1-13-10-20(11-14(2)24-13)17(21)12-23-18(22)15-4-6-16(7-5-15)19-25-8-3-9-26-19/h4-7,13-14,19H,3,8-12H2,1-2H3/t13-,14-/m0/s1. The van der Waals surface area contributed by atoms with Crippen molar-refractivity contribution in [3.63, 3.8) is 0 Å². The van der Waals surface area contributed by atoms with Crippen LogP contribution in [-0.4, -0.2) is 60.2 Å². The summed E-state index contributed by atoms with van der Waals surface area (Å²) in [5, 5.41) is 0. The SMILES string of the molecule is C[C@H]1CN(C(=O)COC(=O)c2ccc(C3SCCCS3)cc2)C[C@H](C)O1. The molecule has 0 aromatic heterocycles. The van der Waals surface area contributed by atoms with Crippen LogP contribution in [0.15, 0.2) is 24.3 Å². The highest BCUT2D eigenvalue weighted by atomic mass is 32.2. The number of hydrogen-bond donors (Lipinski definition) is 0. The summed E-state index contributed by atoms with van der Waals surface area (Å²) in [7, 11) is 0. The van der Waals surface area contributed by atoms with Gasteiger partial charge in [0.1, 0.15) is 0 Å². The van der Waals surface area contributed by atoms with Gasteiger partial charge in [-0.15, -0.1) is 23.5 Å². The van der Waals surface area contributed by atoms with Crippen LogP contribution < -0.4 is 0 Å². The van der Waals surface area contributed by atoms with Crippen molar-refractivity contribution < 1.29 is 19.1 Å². The van der Waals surface area contributed by atoms with Gasteiger partial charge in [-0.3, -0.25) is 4.79 Å². The van der Waals surface area contributed by atoms with Crippen molar-refractivity contribution in [2.75, 3.05) is 31.2 Å². The van der Waals surface area contributed by atoms with Crippen molar-refractivity contribution in [2.24, 2.45) is 0 Å². The van der Waals surface area contributed by atoms with E-state index < -0.39 is 5.97 Å². The van der Waals surface area contributed by atoms with Gasteiger partial charge in [-0.05, 0) is 49.5 Å². The third-order valence-corrected chi connectivity index (χ3v) is 7.36. The fraction of sp³-hybridized carbons (Fsp3) is 0.579. The van der Waals surface area contributed by atoms with Crippen molar-refractivity contribution >= 4 is 35.4 Å². The Bertz CT molecular complexity index is 621. The van der Waals surface area contributed by atoms with Crippen LogP contribution in [0.4, 0.5) is 0 Å². The molecular formula is C19H25NO4S2. The molecule has 5 nitrogen and oxygen atoms in total. The first-order valence-electron chi connectivity index (χ1n) is 8.96.